The highest BCUT2D eigenvalue weighted by atomic mass is 79.9. The fraction of sp³-hybridized carbons (Fsp3) is 0.211. The van der Waals surface area contributed by atoms with E-state index in [1.54, 1.807) is 42.6 Å². The van der Waals surface area contributed by atoms with E-state index in [0.29, 0.717) is 5.69 Å². The number of carbonyl (C=O) groups excluding carboxylic acids is 1. The van der Waals surface area contributed by atoms with Gasteiger partial charge in [-0.2, -0.15) is 18.3 Å². The first-order valence-corrected chi connectivity index (χ1v) is 9.50. The highest BCUT2D eigenvalue weighted by Gasteiger charge is 2.46. The van der Waals surface area contributed by atoms with Gasteiger partial charge < -0.3 is 10.6 Å². The number of hydrogen-bond donors (Lipinski definition) is 2. The Kier molecular flexibility index (Phi) is 5.03. The number of halogens is 4. The molecular formula is C19H15BrF3N5O. The summed E-state index contributed by atoms with van der Waals surface area (Å²) in [4.78, 5) is 16.3. The van der Waals surface area contributed by atoms with E-state index < -0.39 is 24.2 Å². The summed E-state index contributed by atoms with van der Waals surface area (Å²) in [5.41, 5.74) is 1.04. The molecule has 2 N–H and O–H groups in total. The normalized spacial score (nSPS) is 18.6. The molecule has 0 aliphatic carbocycles. The minimum absolute atomic E-state index is 0.109. The molecule has 10 heteroatoms. The smallest absolute Gasteiger partial charge is 0.363 e. The van der Waals surface area contributed by atoms with Gasteiger partial charge in [-0.1, -0.05) is 28.1 Å². The molecule has 0 unspecified atom stereocenters. The van der Waals surface area contributed by atoms with Crippen molar-refractivity contribution in [3.63, 3.8) is 0 Å². The maximum absolute atomic E-state index is 13.7. The molecule has 3 aromatic rings. The SMILES string of the molecule is O=C(Nc1cccnc1)c1cc2n(n1)[C@@H](C(F)(F)F)C[C@@H](c1ccc(Br)cc1)N2. The van der Waals surface area contributed by atoms with E-state index in [1.807, 2.05) is 0 Å². The molecule has 6 nitrogen and oxygen atoms in total. The van der Waals surface area contributed by atoms with Gasteiger partial charge in [-0.3, -0.25) is 9.78 Å². The maximum Gasteiger partial charge on any atom is 0.410 e. The van der Waals surface area contributed by atoms with Gasteiger partial charge in [0.2, 0.25) is 0 Å². The van der Waals surface area contributed by atoms with E-state index in [2.05, 4.69) is 36.6 Å². The quantitative estimate of drug-likeness (QED) is 0.573. The third-order valence-electron chi connectivity index (χ3n) is 4.61. The van der Waals surface area contributed by atoms with Crippen LogP contribution in [0.15, 0.2) is 59.3 Å². The highest BCUT2D eigenvalue weighted by Crippen LogP contribution is 2.43. The lowest BCUT2D eigenvalue weighted by Crippen LogP contribution is -2.35. The number of fused-ring (bicyclic) bond motifs is 1. The molecule has 4 rings (SSSR count). The summed E-state index contributed by atoms with van der Waals surface area (Å²) in [5.74, 6) is -0.467. The van der Waals surface area contributed by atoms with E-state index in [0.717, 1.165) is 14.7 Å². The van der Waals surface area contributed by atoms with Crippen molar-refractivity contribution < 1.29 is 18.0 Å². The van der Waals surface area contributed by atoms with Crippen molar-refractivity contribution in [2.24, 2.45) is 0 Å². The molecule has 1 aromatic carbocycles. The molecule has 0 fully saturated rings. The molecule has 0 bridgehead atoms. The number of anilines is 2. The number of nitrogens with zero attached hydrogens (tertiary/aromatic N) is 3. The Bertz CT molecular complexity index is 1020. The van der Waals surface area contributed by atoms with Gasteiger partial charge in [-0.05, 0) is 29.8 Å². The summed E-state index contributed by atoms with van der Waals surface area (Å²) in [7, 11) is 0. The predicted molar refractivity (Wildman–Crippen MR) is 105 cm³/mol. The second kappa shape index (κ2) is 7.51. The van der Waals surface area contributed by atoms with Crippen molar-refractivity contribution in [1.82, 2.24) is 14.8 Å². The summed E-state index contributed by atoms with van der Waals surface area (Å²) in [6, 6.07) is 9.26. The van der Waals surface area contributed by atoms with Crippen molar-refractivity contribution in [2.75, 3.05) is 10.6 Å². The molecule has 1 amide bonds. The molecule has 0 spiro atoms. The Morgan fingerprint density at radius 2 is 2.00 bits per heavy atom. The van der Waals surface area contributed by atoms with Gasteiger partial charge in [0.25, 0.3) is 5.91 Å². The minimum Gasteiger partial charge on any atom is -0.363 e. The van der Waals surface area contributed by atoms with Gasteiger partial charge in [-0.15, -0.1) is 0 Å². The molecule has 1 aliphatic rings. The lowest BCUT2D eigenvalue weighted by atomic mass is 9.97. The van der Waals surface area contributed by atoms with Crippen LogP contribution >= 0.6 is 15.9 Å². The third kappa shape index (κ3) is 4.12. The first kappa shape index (κ1) is 19.4. The van der Waals surface area contributed by atoms with Crippen LogP contribution in [0.5, 0.6) is 0 Å². The minimum atomic E-state index is -4.51. The largest absolute Gasteiger partial charge is 0.410 e. The molecule has 0 radical (unpaired) electrons. The zero-order chi connectivity index (χ0) is 20.6. The number of nitrogens with one attached hydrogen (secondary N) is 2. The second-order valence-electron chi connectivity index (χ2n) is 6.60. The Morgan fingerprint density at radius 1 is 1.24 bits per heavy atom. The number of hydrogen-bond acceptors (Lipinski definition) is 4. The van der Waals surface area contributed by atoms with Crippen LogP contribution in [0.1, 0.15) is 34.6 Å². The number of benzene rings is 1. The summed E-state index contributed by atoms with van der Waals surface area (Å²) in [6.07, 6.45) is -1.75. The predicted octanol–water partition coefficient (Wildman–Crippen LogP) is 4.95. The molecule has 0 saturated heterocycles. The second-order valence-corrected chi connectivity index (χ2v) is 7.51. The fourth-order valence-corrected chi connectivity index (χ4v) is 3.49. The van der Waals surface area contributed by atoms with E-state index in [4.69, 9.17) is 0 Å². The lowest BCUT2D eigenvalue weighted by molar-refractivity contribution is -0.173. The molecule has 3 heterocycles. The molecule has 2 aromatic heterocycles. The summed E-state index contributed by atoms with van der Waals surface area (Å²) in [5, 5.41) is 9.58. The lowest BCUT2D eigenvalue weighted by Gasteiger charge is -2.33. The number of alkyl halides is 3. The van der Waals surface area contributed by atoms with Crippen LogP contribution in [0, 0.1) is 0 Å². The van der Waals surface area contributed by atoms with Crippen molar-refractivity contribution in [3.05, 3.63) is 70.6 Å². The van der Waals surface area contributed by atoms with E-state index in [1.165, 1.54) is 12.3 Å². The fourth-order valence-electron chi connectivity index (χ4n) is 3.23. The summed E-state index contributed by atoms with van der Waals surface area (Å²) in [6.45, 7) is 0. The van der Waals surface area contributed by atoms with Crippen molar-refractivity contribution in [1.29, 1.82) is 0 Å². The van der Waals surface area contributed by atoms with Gasteiger partial charge in [0.05, 0.1) is 17.9 Å². The zero-order valence-corrected chi connectivity index (χ0v) is 16.4. The van der Waals surface area contributed by atoms with Crippen LogP contribution < -0.4 is 10.6 Å². The highest BCUT2D eigenvalue weighted by molar-refractivity contribution is 9.10. The van der Waals surface area contributed by atoms with Crippen molar-refractivity contribution in [2.45, 2.75) is 24.7 Å². The van der Waals surface area contributed by atoms with Crippen LogP contribution in [0.3, 0.4) is 0 Å². The standard InChI is InChI=1S/C19H15BrF3N5O/c20-12-5-3-11(4-6-12)14-8-16(19(21,22)23)28-17(26-14)9-15(27-28)18(29)25-13-2-1-7-24-10-13/h1-7,9-10,14,16,26H,8H2,(H,25,29)/t14-,16+/m0/s1. The van der Waals surface area contributed by atoms with Crippen LogP contribution in [-0.2, 0) is 0 Å². The summed E-state index contributed by atoms with van der Waals surface area (Å²) >= 11 is 3.32. The van der Waals surface area contributed by atoms with Gasteiger partial charge in [0, 0.05) is 23.2 Å². The van der Waals surface area contributed by atoms with E-state index in [9.17, 15) is 18.0 Å². The Balaban J connectivity index is 1.65. The van der Waals surface area contributed by atoms with Crippen LogP contribution in [0.2, 0.25) is 0 Å². The maximum atomic E-state index is 13.7. The Morgan fingerprint density at radius 3 is 2.66 bits per heavy atom. The Labute approximate surface area is 172 Å². The molecule has 1 aliphatic heterocycles. The molecule has 0 saturated carbocycles. The van der Waals surface area contributed by atoms with Crippen LogP contribution in [-0.4, -0.2) is 26.8 Å². The van der Waals surface area contributed by atoms with Gasteiger partial charge in [0.15, 0.2) is 11.7 Å². The van der Waals surface area contributed by atoms with E-state index >= 15 is 0 Å². The van der Waals surface area contributed by atoms with E-state index in [-0.39, 0.29) is 17.9 Å². The van der Waals surface area contributed by atoms with Crippen molar-refractivity contribution >= 4 is 33.3 Å². The van der Waals surface area contributed by atoms with Crippen molar-refractivity contribution in [3.8, 4) is 0 Å². The van der Waals surface area contributed by atoms with Gasteiger partial charge in [-0.25, -0.2) is 4.68 Å². The van der Waals surface area contributed by atoms with Crippen LogP contribution in [0.25, 0.3) is 0 Å². The first-order valence-electron chi connectivity index (χ1n) is 8.71. The zero-order valence-electron chi connectivity index (χ0n) is 14.8. The number of amides is 1. The van der Waals surface area contributed by atoms with Gasteiger partial charge >= 0.3 is 6.18 Å². The first-order chi connectivity index (χ1) is 13.8. The number of carbonyl (C=O) groups is 1. The Hall–Kier alpha value is -2.88. The third-order valence-corrected chi connectivity index (χ3v) is 5.14. The average molecular weight is 466 g/mol. The van der Waals surface area contributed by atoms with Gasteiger partial charge in [0.1, 0.15) is 5.82 Å². The molecular weight excluding hydrogens is 451 g/mol. The topological polar surface area (TPSA) is 71.8 Å². The number of rotatable bonds is 3. The average Bonchev–Trinajstić information content (AvgIpc) is 3.12. The molecule has 2 atom stereocenters. The number of pyridine rings is 1. The van der Waals surface area contributed by atoms with Crippen LogP contribution in [0.4, 0.5) is 24.7 Å². The summed E-state index contributed by atoms with van der Waals surface area (Å²) < 4.78 is 42.9. The molecule has 29 heavy (non-hydrogen) atoms. The number of aromatic nitrogens is 3. The molecule has 150 valence electrons. The monoisotopic (exact) mass is 465 g/mol.